The maximum absolute atomic E-state index is 6.81. The van der Waals surface area contributed by atoms with Gasteiger partial charge in [0.15, 0.2) is 0 Å². The van der Waals surface area contributed by atoms with Gasteiger partial charge in [-0.15, -0.1) is 0 Å². The molecule has 29 heavy (non-hydrogen) atoms. The zero-order valence-electron chi connectivity index (χ0n) is 16.6. The lowest BCUT2D eigenvalue weighted by atomic mass is 9.81. The summed E-state index contributed by atoms with van der Waals surface area (Å²) in [5.41, 5.74) is 15.9. The molecular weight excluding hydrogens is 352 g/mol. The van der Waals surface area contributed by atoms with Crippen molar-refractivity contribution in [2.24, 2.45) is 11.5 Å². The Morgan fingerprint density at radius 2 is 1.21 bits per heavy atom. The van der Waals surface area contributed by atoms with Gasteiger partial charge in [0.1, 0.15) is 0 Å². The molecule has 2 heteroatoms. The van der Waals surface area contributed by atoms with Gasteiger partial charge in [-0.05, 0) is 51.9 Å². The van der Waals surface area contributed by atoms with E-state index >= 15 is 0 Å². The van der Waals surface area contributed by atoms with Gasteiger partial charge in [-0.3, -0.25) is 0 Å². The van der Waals surface area contributed by atoms with E-state index in [9.17, 15) is 0 Å². The van der Waals surface area contributed by atoms with Crippen LogP contribution in [-0.4, -0.2) is 6.04 Å². The zero-order chi connectivity index (χ0) is 20.2. The van der Waals surface area contributed by atoms with E-state index in [0.29, 0.717) is 0 Å². The molecule has 0 fully saturated rings. The summed E-state index contributed by atoms with van der Waals surface area (Å²) >= 11 is 0. The molecule has 0 saturated heterocycles. The highest BCUT2D eigenvalue weighted by atomic mass is 14.7. The molecule has 0 aliphatic heterocycles. The van der Waals surface area contributed by atoms with Crippen molar-refractivity contribution in [3.8, 4) is 0 Å². The molecule has 0 amide bonds. The van der Waals surface area contributed by atoms with Gasteiger partial charge in [0.2, 0.25) is 0 Å². The number of hydrogen-bond acceptors (Lipinski definition) is 2. The fraction of sp³-hybridized carbons (Fsp3) is 0.111. The largest absolute Gasteiger partial charge is 0.405 e. The maximum atomic E-state index is 6.81. The summed E-state index contributed by atoms with van der Waals surface area (Å²) in [6, 6.07) is 30.0. The molecule has 0 heterocycles. The van der Waals surface area contributed by atoms with Crippen molar-refractivity contribution in [2.75, 3.05) is 0 Å². The Morgan fingerprint density at radius 3 is 1.69 bits per heavy atom. The predicted molar refractivity (Wildman–Crippen MR) is 125 cm³/mol. The molecule has 0 aliphatic rings. The van der Waals surface area contributed by atoms with Crippen LogP contribution in [-0.2, 0) is 0 Å². The van der Waals surface area contributed by atoms with E-state index in [2.05, 4.69) is 91.9 Å². The minimum atomic E-state index is -0.159. The molecule has 0 spiro atoms. The van der Waals surface area contributed by atoms with E-state index in [1.807, 2.05) is 12.2 Å². The van der Waals surface area contributed by atoms with E-state index in [0.717, 1.165) is 5.57 Å². The number of allylic oxidation sites excluding steroid dienone is 2. The number of rotatable bonds is 5. The monoisotopic (exact) mass is 378 g/mol. The summed E-state index contributed by atoms with van der Waals surface area (Å²) in [7, 11) is 0. The molecule has 0 aromatic heterocycles. The minimum Gasteiger partial charge on any atom is -0.405 e. The smallest absolute Gasteiger partial charge is 0.0365 e. The Kier molecular flexibility index (Phi) is 5.46. The Hall–Kier alpha value is -3.36. The third-order valence-corrected chi connectivity index (χ3v) is 5.62. The van der Waals surface area contributed by atoms with Gasteiger partial charge in [0.05, 0.1) is 0 Å². The molecule has 4 aromatic carbocycles. The van der Waals surface area contributed by atoms with Crippen molar-refractivity contribution in [3.63, 3.8) is 0 Å². The molecule has 144 valence electrons. The van der Waals surface area contributed by atoms with Crippen LogP contribution in [0.4, 0.5) is 0 Å². The van der Waals surface area contributed by atoms with Crippen molar-refractivity contribution in [1.82, 2.24) is 0 Å². The molecule has 0 radical (unpaired) electrons. The van der Waals surface area contributed by atoms with Gasteiger partial charge < -0.3 is 11.5 Å². The molecule has 0 bridgehead atoms. The fourth-order valence-corrected chi connectivity index (χ4v) is 3.99. The first kappa shape index (κ1) is 19.0. The van der Waals surface area contributed by atoms with Gasteiger partial charge in [-0.25, -0.2) is 0 Å². The third kappa shape index (κ3) is 3.94. The average Bonchev–Trinajstić information content (AvgIpc) is 2.77. The minimum absolute atomic E-state index is 0.0478. The summed E-state index contributed by atoms with van der Waals surface area (Å²) in [5.74, 6) is 0.0478. The number of hydrogen-bond donors (Lipinski definition) is 2. The number of nitrogens with two attached hydrogens (primary N) is 2. The molecule has 4 aromatic rings. The van der Waals surface area contributed by atoms with Crippen molar-refractivity contribution >= 4 is 21.5 Å². The Morgan fingerprint density at radius 1 is 0.724 bits per heavy atom. The van der Waals surface area contributed by atoms with Gasteiger partial charge in [-0.1, -0.05) is 96.6 Å². The Balaban J connectivity index is 1.87. The summed E-state index contributed by atoms with van der Waals surface area (Å²) in [6.07, 6.45) is 5.38. The third-order valence-electron chi connectivity index (χ3n) is 5.62. The van der Waals surface area contributed by atoms with Crippen LogP contribution >= 0.6 is 0 Å². The quantitative estimate of drug-likeness (QED) is 0.427. The van der Waals surface area contributed by atoms with Gasteiger partial charge in [0.25, 0.3) is 0 Å². The van der Waals surface area contributed by atoms with Crippen molar-refractivity contribution in [3.05, 3.63) is 120 Å². The van der Waals surface area contributed by atoms with Crippen LogP contribution in [0.5, 0.6) is 0 Å². The summed E-state index contributed by atoms with van der Waals surface area (Å²) in [5, 5.41) is 4.93. The molecule has 1 unspecified atom stereocenters. The average molecular weight is 379 g/mol. The molecular formula is C27H26N2. The van der Waals surface area contributed by atoms with E-state index in [1.54, 1.807) is 0 Å². The highest BCUT2D eigenvalue weighted by Crippen LogP contribution is 2.33. The van der Waals surface area contributed by atoms with Gasteiger partial charge in [0, 0.05) is 12.0 Å². The van der Waals surface area contributed by atoms with Crippen LogP contribution < -0.4 is 11.5 Å². The lowest BCUT2D eigenvalue weighted by molar-refractivity contribution is 0.669. The normalized spacial score (nSPS) is 13.6. The second kappa shape index (κ2) is 8.34. The van der Waals surface area contributed by atoms with Crippen LogP contribution in [0.2, 0.25) is 0 Å². The molecule has 0 saturated carbocycles. The zero-order valence-corrected chi connectivity index (χ0v) is 16.6. The van der Waals surface area contributed by atoms with Gasteiger partial charge in [-0.2, -0.15) is 0 Å². The molecule has 0 aliphatic carbocycles. The first-order valence-electron chi connectivity index (χ1n) is 9.95. The van der Waals surface area contributed by atoms with E-state index in [4.69, 9.17) is 11.5 Å². The van der Waals surface area contributed by atoms with Crippen LogP contribution in [0, 0.1) is 0 Å². The maximum Gasteiger partial charge on any atom is 0.0365 e. The first-order chi connectivity index (χ1) is 14.2. The predicted octanol–water partition coefficient (Wildman–Crippen LogP) is 5.87. The summed E-state index contributed by atoms with van der Waals surface area (Å²) < 4.78 is 0. The number of benzene rings is 4. The van der Waals surface area contributed by atoms with Crippen LogP contribution in [0.25, 0.3) is 21.5 Å². The molecule has 2 nitrogen and oxygen atoms in total. The molecule has 1 atom stereocenters. The van der Waals surface area contributed by atoms with Crippen LogP contribution in [0.15, 0.2) is 109 Å². The molecule has 4 N–H and O–H groups in total. The summed E-state index contributed by atoms with van der Waals surface area (Å²) in [4.78, 5) is 0. The lowest BCUT2D eigenvalue weighted by Crippen LogP contribution is -2.30. The van der Waals surface area contributed by atoms with Crippen molar-refractivity contribution < 1.29 is 0 Å². The second-order valence-corrected chi connectivity index (χ2v) is 7.51. The topological polar surface area (TPSA) is 52.0 Å². The SMILES string of the molecule is C/C(=C\C=C/N)C(N)C(c1ccc2ccccc2c1)c1ccc2ccccc2c1. The highest BCUT2D eigenvalue weighted by Gasteiger charge is 2.23. The standard InChI is InChI=1S/C27H26N2/c1-19(7-6-16-28)27(29)26(24-14-12-20-8-2-4-10-22(20)17-24)25-15-13-21-9-3-5-11-23(21)18-25/h2-18,26-27H,28-29H2,1H3/b16-6-,19-7+. The van der Waals surface area contributed by atoms with E-state index in [1.165, 1.54) is 38.9 Å². The number of fused-ring (bicyclic) bond motifs is 2. The van der Waals surface area contributed by atoms with Gasteiger partial charge >= 0.3 is 0 Å². The first-order valence-corrected chi connectivity index (χ1v) is 9.95. The highest BCUT2D eigenvalue weighted by molar-refractivity contribution is 5.85. The fourth-order valence-electron chi connectivity index (χ4n) is 3.99. The van der Waals surface area contributed by atoms with E-state index < -0.39 is 0 Å². The summed E-state index contributed by atoms with van der Waals surface area (Å²) in [6.45, 7) is 2.07. The van der Waals surface area contributed by atoms with Crippen LogP contribution in [0.3, 0.4) is 0 Å². The Bertz CT molecular complexity index is 1120. The van der Waals surface area contributed by atoms with E-state index in [-0.39, 0.29) is 12.0 Å². The lowest BCUT2D eigenvalue weighted by Gasteiger charge is -2.26. The Labute approximate surface area is 172 Å². The van der Waals surface area contributed by atoms with Crippen molar-refractivity contribution in [1.29, 1.82) is 0 Å². The van der Waals surface area contributed by atoms with Crippen molar-refractivity contribution in [2.45, 2.75) is 18.9 Å². The molecule has 4 rings (SSSR count). The second-order valence-electron chi connectivity index (χ2n) is 7.51. The van der Waals surface area contributed by atoms with Crippen LogP contribution in [0.1, 0.15) is 24.0 Å².